The van der Waals surface area contributed by atoms with Crippen LogP contribution < -0.4 is 5.32 Å². The Labute approximate surface area is 187 Å². The minimum absolute atomic E-state index is 0.236. The Hall–Kier alpha value is -3.04. The highest BCUT2D eigenvalue weighted by atomic mass is 19.4. The van der Waals surface area contributed by atoms with Crippen molar-refractivity contribution in [1.29, 1.82) is 0 Å². The molecule has 4 nitrogen and oxygen atoms in total. The van der Waals surface area contributed by atoms with Crippen LogP contribution in [0.3, 0.4) is 0 Å². The molecule has 10 heteroatoms. The Morgan fingerprint density at radius 2 is 1.97 bits per heavy atom. The number of allylic oxidation sites excluding steroid dienone is 6. The number of hydrogen-bond donors (Lipinski definition) is 1. The number of alkyl halides is 6. The lowest BCUT2D eigenvalue weighted by atomic mass is 10.0. The number of hydrogen-bond acceptors (Lipinski definition) is 3. The smallest absolute Gasteiger partial charge is 0.362 e. The molecule has 0 radical (unpaired) electrons. The fourth-order valence-electron chi connectivity index (χ4n) is 3.63. The Kier molecular flexibility index (Phi) is 7.34. The Bertz CT molecular complexity index is 1040. The van der Waals surface area contributed by atoms with E-state index in [-0.39, 0.29) is 18.3 Å². The summed E-state index contributed by atoms with van der Waals surface area (Å²) < 4.78 is 80.3. The molecule has 178 valence electrons. The average molecular weight is 470 g/mol. The van der Waals surface area contributed by atoms with Gasteiger partial charge in [-0.1, -0.05) is 25.2 Å². The molecule has 0 spiro atoms. The Balaban J connectivity index is 1.91. The first-order chi connectivity index (χ1) is 15.5. The molecular weight excluding hydrogens is 446 g/mol. The molecule has 2 aromatic heterocycles. The maximum Gasteiger partial charge on any atom is 0.417 e. The molecule has 0 saturated carbocycles. The maximum absolute atomic E-state index is 13.4. The number of halogens is 6. The SMILES string of the molecule is C\C=C/C(=C\C(=C\CC)C(F)(F)F)c1cc2n(n1)CCCC2Nc1ccc(C(F)(F)F)cn1. The van der Waals surface area contributed by atoms with E-state index in [0.29, 0.717) is 24.2 Å². The summed E-state index contributed by atoms with van der Waals surface area (Å²) in [4.78, 5) is 3.85. The first-order valence-electron chi connectivity index (χ1n) is 10.5. The first-order valence-corrected chi connectivity index (χ1v) is 10.5. The van der Waals surface area contributed by atoms with Crippen molar-refractivity contribution in [3.8, 4) is 0 Å². The predicted octanol–water partition coefficient (Wildman–Crippen LogP) is 7.10. The monoisotopic (exact) mass is 470 g/mol. The lowest BCUT2D eigenvalue weighted by Crippen LogP contribution is -2.22. The van der Waals surface area contributed by atoms with E-state index < -0.39 is 23.5 Å². The summed E-state index contributed by atoms with van der Waals surface area (Å²) in [6, 6.07) is 3.64. The van der Waals surface area contributed by atoms with Gasteiger partial charge in [0.25, 0.3) is 0 Å². The quantitative estimate of drug-likeness (QED) is 0.362. The van der Waals surface area contributed by atoms with Crippen molar-refractivity contribution >= 4 is 11.4 Å². The van der Waals surface area contributed by atoms with Crippen molar-refractivity contribution in [3.63, 3.8) is 0 Å². The van der Waals surface area contributed by atoms with Crippen LogP contribution in [0.15, 0.2) is 54.3 Å². The second kappa shape index (κ2) is 9.84. The highest BCUT2D eigenvalue weighted by Gasteiger charge is 2.33. The van der Waals surface area contributed by atoms with E-state index in [4.69, 9.17) is 0 Å². The highest BCUT2D eigenvalue weighted by molar-refractivity contribution is 5.74. The lowest BCUT2D eigenvalue weighted by molar-refractivity contribution is -0.137. The third-order valence-corrected chi connectivity index (χ3v) is 5.15. The predicted molar refractivity (Wildman–Crippen MR) is 114 cm³/mol. The number of nitrogens with zero attached hydrogens (tertiary/aromatic N) is 3. The Morgan fingerprint density at radius 3 is 2.55 bits per heavy atom. The average Bonchev–Trinajstić information content (AvgIpc) is 3.17. The van der Waals surface area contributed by atoms with Crippen LogP contribution in [-0.2, 0) is 12.7 Å². The summed E-state index contributed by atoms with van der Waals surface area (Å²) in [5, 5.41) is 7.61. The fraction of sp³-hybridized carbons (Fsp3) is 0.391. The maximum atomic E-state index is 13.4. The van der Waals surface area contributed by atoms with Gasteiger partial charge in [-0.05, 0) is 50.5 Å². The minimum atomic E-state index is -4.49. The van der Waals surface area contributed by atoms with Gasteiger partial charge in [0.1, 0.15) is 5.82 Å². The van der Waals surface area contributed by atoms with Gasteiger partial charge in [-0.3, -0.25) is 4.68 Å². The summed E-state index contributed by atoms with van der Waals surface area (Å²) in [6.45, 7) is 3.94. The number of nitrogens with one attached hydrogen (secondary N) is 1. The molecule has 0 fully saturated rings. The van der Waals surface area contributed by atoms with Crippen LogP contribution in [0, 0.1) is 0 Å². The fourth-order valence-corrected chi connectivity index (χ4v) is 3.63. The van der Waals surface area contributed by atoms with E-state index in [0.717, 1.165) is 36.5 Å². The van der Waals surface area contributed by atoms with Crippen molar-refractivity contribution in [2.45, 2.75) is 58.0 Å². The zero-order valence-corrected chi connectivity index (χ0v) is 18.1. The van der Waals surface area contributed by atoms with E-state index in [9.17, 15) is 26.3 Å². The summed E-state index contributed by atoms with van der Waals surface area (Å²) in [6.07, 6.45) is -1.10. The van der Waals surface area contributed by atoms with E-state index in [2.05, 4.69) is 15.4 Å². The van der Waals surface area contributed by atoms with Crippen LogP contribution in [0.4, 0.5) is 32.2 Å². The molecular formula is C23H24F6N4. The summed E-state index contributed by atoms with van der Waals surface area (Å²) in [7, 11) is 0. The molecule has 1 aliphatic heterocycles. The van der Waals surface area contributed by atoms with Crippen LogP contribution in [0.25, 0.3) is 5.57 Å². The number of rotatable bonds is 6. The molecule has 1 unspecified atom stereocenters. The van der Waals surface area contributed by atoms with Crippen LogP contribution in [0.5, 0.6) is 0 Å². The van der Waals surface area contributed by atoms with Gasteiger partial charge in [-0.2, -0.15) is 31.4 Å². The molecule has 33 heavy (non-hydrogen) atoms. The van der Waals surface area contributed by atoms with E-state index >= 15 is 0 Å². The van der Waals surface area contributed by atoms with Gasteiger partial charge < -0.3 is 5.32 Å². The molecule has 3 rings (SSSR count). The molecule has 0 bridgehead atoms. The van der Waals surface area contributed by atoms with Gasteiger partial charge in [0.2, 0.25) is 0 Å². The van der Waals surface area contributed by atoms with E-state index in [1.165, 1.54) is 6.07 Å². The largest absolute Gasteiger partial charge is 0.417 e. The number of pyridine rings is 1. The third-order valence-electron chi connectivity index (χ3n) is 5.15. The molecule has 0 saturated heterocycles. The van der Waals surface area contributed by atoms with Crippen molar-refractivity contribution in [1.82, 2.24) is 14.8 Å². The topological polar surface area (TPSA) is 42.7 Å². The van der Waals surface area contributed by atoms with Gasteiger partial charge in [-0.25, -0.2) is 4.98 Å². The van der Waals surface area contributed by atoms with Crippen LogP contribution in [-0.4, -0.2) is 20.9 Å². The molecule has 1 N–H and O–H groups in total. The van der Waals surface area contributed by atoms with E-state index in [1.54, 1.807) is 36.7 Å². The van der Waals surface area contributed by atoms with Gasteiger partial charge in [0.15, 0.2) is 0 Å². The first kappa shape index (κ1) is 24.6. The number of aromatic nitrogens is 3. The van der Waals surface area contributed by atoms with Crippen molar-refractivity contribution < 1.29 is 26.3 Å². The van der Waals surface area contributed by atoms with Crippen LogP contribution in [0.2, 0.25) is 0 Å². The second-order valence-electron chi connectivity index (χ2n) is 7.61. The molecule has 3 heterocycles. The normalized spacial score (nSPS) is 18.0. The van der Waals surface area contributed by atoms with Crippen molar-refractivity contribution in [2.24, 2.45) is 0 Å². The molecule has 0 aromatic carbocycles. The van der Waals surface area contributed by atoms with Gasteiger partial charge in [-0.15, -0.1) is 0 Å². The summed E-state index contributed by atoms with van der Waals surface area (Å²) in [5.74, 6) is 0.277. The van der Waals surface area contributed by atoms with Gasteiger partial charge in [0.05, 0.1) is 28.6 Å². The van der Waals surface area contributed by atoms with Crippen LogP contribution in [0.1, 0.15) is 56.1 Å². The van der Waals surface area contributed by atoms with Crippen molar-refractivity contribution in [2.75, 3.05) is 5.32 Å². The molecule has 1 atom stereocenters. The van der Waals surface area contributed by atoms with Crippen molar-refractivity contribution in [3.05, 3.63) is 71.2 Å². The van der Waals surface area contributed by atoms with E-state index in [1.807, 2.05) is 0 Å². The molecule has 0 amide bonds. The lowest BCUT2D eigenvalue weighted by Gasteiger charge is -2.25. The summed E-state index contributed by atoms with van der Waals surface area (Å²) >= 11 is 0. The zero-order chi connectivity index (χ0) is 24.2. The van der Waals surface area contributed by atoms with Gasteiger partial charge in [0, 0.05) is 18.3 Å². The highest BCUT2D eigenvalue weighted by Crippen LogP contribution is 2.34. The second-order valence-corrected chi connectivity index (χ2v) is 7.61. The molecule has 0 aliphatic carbocycles. The van der Waals surface area contributed by atoms with Gasteiger partial charge >= 0.3 is 12.4 Å². The molecule has 1 aliphatic rings. The number of anilines is 1. The number of aryl methyl sites for hydroxylation is 1. The van der Waals surface area contributed by atoms with Crippen LogP contribution >= 0.6 is 0 Å². The Morgan fingerprint density at radius 1 is 1.21 bits per heavy atom. The standard InChI is InChI=1S/C23H24F6N4/c1-3-6-15(12-16(7-4-2)22(24,25)26)19-13-20-18(8-5-11-33(20)32-19)31-21-10-9-17(14-30-21)23(27,28)29/h3,6-7,9-10,12-14,18H,4-5,8,11H2,1-2H3,(H,30,31)/b6-3-,15-12+,16-7-. The minimum Gasteiger partial charge on any atom is -0.362 e. The third kappa shape index (κ3) is 6.06. The zero-order valence-electron chi connectivity index (χ0n) is 18.1. The summed E-state index contributed by atoms with van der Waals surface area (Å²) in [5.41, 5.74) is -0.133. The number of fused-ring (bicyclic) bond motifs is 1. The molecule has 2 aromatic rings.